The van der Waals surface area contributed by atoms with E-state index in [1.807, 2.05) is 6.92 Å². The Morgan fingerprint density at radius 3 is 2.62 bits per heavy atom. The molecular formula is C11H20N4O. The van der Waals surface area contributed by atoms with Gasteiger partial charge in [0, 0.05) is 11.7 Å². The lowest BCUT2D eigenvalue weighted by molar-refractivity contribution is -0.123. The maximum absolute atomic E-state index is 11.7. The monoisotopic (exact) mass is 224 g/mol. The van der Waals surface area contributed by atoms with Gasteiger partial charge in [0.05, 0.1) is 0 Å². The van der Waals surface area contributed by atoms with Gasteiger partial charge in [-0.25, -0.2) is 0 Å². The van der Waals surface area contributed by atoms with Gasteiger partial charge in [-0.05, 0) is 25.8 Å². The minimum absolute atomic E-state index is 0.0331. The number of nitrogens with one attached hydrogen (secondary N) is 1. The second-order valence-corrected chi connectivity index (χ2v) is 4.25. The summed E-state index contributed by atoms with van der Waals surface area (Å²) in [4.78, 5) is 11.7. The molecule has 0 aromatic carbocycles. The molecule has 0 atom stereocenters. The molecule has 1 rings (SSSR count). The number of rotatable bonds is 5. The van der Waals surface area contributed by atoms with Gasteiger partial charge in [0.2, 0.25) is 5.91 Å². The van der Waals surface area contributed by atoms with Gasteiger partial charge in [0.1, 0.15) is 12.4 Å². The highest BCUT2D eigenvalue weighted by Crippen LogP contribution is 2.13. The first-order chi connectivity index (χ1) is 7.49. The normalized spacial score (nSPS) is 11.4. The van der Waals surface area contributed by atoms with Crippen molar-refractivity contribution in [2.24, 2.45) is 0 Å². The predicted octanol–water partition coefficient (Wildman–Crippen LogP) is 1.16. The van der Waals surface area contributed by atoms with Crippen LogP contribution in [0.15, 0.2) is 12.3 Å². The van der Waals surface area contributed by atoms with Gasteiger partial charge >= 0.3 is 0 Å². The molecule has 90 valence electrons. The fourth-order valence-electron chi connectivity index (χ4n) is 1.42. The summed E-state index contributed by atoms with van der Waals surface area (Å²) in [5.41, 5.74) is 5.34. The first-order valence-corrected chi connectivity index (χ1v) is 5.59. The van der Waals surface area contributed by atoms with Crippen molar-refractivity contribution in [2.75, 3.05) is 5.73 Å². The Morgan fingerprint density at radius 2 is 2.19 bits per heavy atom. The van der Waals surface area contributed by atoms with Crippen LogP contribution in [-0.2, 0) is 11.3 Å². The third-order valence-corrected chi connectivity index (χ3v) is 2.97. The summed E-state index contributed by atoms with van der Waals surface area (Å²) < 4.78 is 1.54. The molecule has 0 saturated carbocycles. The van der Waals surface area contributed by atoms with Crippen LogP contribution in [0.25, 0.3) is 0 Å². The molecule has 1 aromatic heterocycles. The average Bonchev–Trinajstić information content (AvgIpc) is 2.63. The van der Waals surface area contributed by atoms with Crippen molar-refractivity contribution in [3.63, 3.8) is 0 Å². The van der Waals surface area contributed by atoms with Crippen LogP contribution in [0.4, 0.5) is 5.82 Å². The van der Waals surface area contributed by atoms with Crippen molar-refractivity contribution in [1.82, 2.24) is 15.1 Å². The molecule has 1 amide bonds. The lowest BCUT2D eigenvalue weighted by Crippen LogP contribution is -2.46. The lowest BCUT2D eigenvalue weighted by Gasteiger charge is -2.28. The molecule has 5 nitrogen and oxygen atoms in total. The van der Waals surface area contributed by atoms with E-state index >= 15 is 0 Å². The van der Waals surface area contributed by atoms with E-state index in [2.05, 4.69) is 24.3 Å². The quantitative estimate of drug-likeness (QED) is 0.788. The molecule has 0 aliphatic carbocycles. The maximum atomic E-state index is 11.7. The Bertz CT molecular complexity index is 355. The molecule has 16 heavy (non-hydrogen) atoms. The van der Waals surface area contributed by atoms with Gasteiger partial charge in [0.15, 0.2) is 0 Å². The van der Waals surface area contributed by atoms with Gasteiger partial charge in [-0.2, -0.15) is 5.10 Å². The minimum Gasteiger partial charge on any atom is -0.382 e. The van der Waals surface area contributed by atoms with Crippen LogP contribution in [0, 0.1) is 0 Å². The Morgan fingerprint density at radius 1 is 1.56 bits per heavy atom. The largest absolute Gasteiger partial charge is 0.382 e. The smallest absolute Gasteiger partial charge is 0.242 e. The van der Waals surface area contributed by atoms with E-state index in [1.165, 1.54) is 4.68 Å². The zero-order valence-electron chi connectivity index (χ0n) is 10.2. The van der Waals surface area contributed by atoms with Crippen molar-refractivity contribution in [3.8, 4) is 0 Å². The zero-order valence-corrected chi connectivity index (χ0v) is 10.2. The van der Waals surface area contributed by atoms with Crippen LogP contribution < -0.4 is 11.1 Å². The maximum Gasteiger partial charge on any atom is 0.242 e. The molecular weight excluding hydrogens is 204 g/mol. The summed E-state index contributed by atoms with van der Waals surface area (Å²) in [5.74, 6) is 0.399. The number of hydrogen-bond donors (Lipinski definition) is 2. The fraction of sp³-hybridized carbons (Fsp3) is 0.636. The van der Waals surface area contributed by atoms with Gasteiger partial charge in [-0.3, -0.25) is 9.48 Å². The van der Waals surface area contributed by atoms with Crippen molar-refractivity contribution in [2.45, 2.75) is 45.7 Å². The predicted molar refractivity (Wildman–Crippen MR) is 63.8 cm³/mol. The number of nitrogen functional groups attached to an aromatic ring is 1. The number of nitrogens with zero attached hydrogens (tertiary/aromatic N) is 2. The number of carbonyl (C=O) groups excluding carboxylic acids is 1. The molecule has 0 bridgehead atoms. The molecule has 0 aliphatic heterocycles. The van der Waals surface area contributed by atoms with Crippen LogP contribution in [-0.4, -0.2) is 21.2 Å². The number of hydrogen-bond acceptors (Lipinski definition) is 3. The summed E-state index contributed by atoms with van der Waals surface area (Å²) in [6.07, 6.45) is 3.52. The summed E-state index contributed by atoms with van der Waals surface area (Å²) in [7, 11) is 0. The molecule has 5 heteroatoms. The third kappa shape index (κ3) is 3.25. The van der Waals surface area contributed by atoms with Gasteiger partial charge in [0.25, 0.3) is 0 Å². The number of anilines is 1. The Balaban J connectivity index is 2.53. The Labute approximate surface area is 96.0 Å². The van der Waals surface area contributed by atoms with Crippen LogP contribution in [0.5, 0.6) is 0 Å². The first-order valence-electron chi connectivity index (χ1n) is 5.59. The molecule has 0 unspecified atom stereocenters. The molecule has 3 N–H and O–H groups in total. The van der Waals surface area contributed by atoms with Crippen molar-refractivity contribution in [3.05, 3.63) is 12.3 Å². The van der Waals surface area contributed by atoms with Gasteiger partial charge in [-0.15, -0.1) is 0 Å². The van der Waals surface area contributed by atoms with Crippen LogP contribution >= 0.6 is 0 Å². The Kier molecular flexibility index (Phi) is 3.93. The summed E-state index contributed by atoms with van der Waals surface area (Å²) in [6, 6.07) is 1.67. The standard InChI is InChI=1S/C11H20N4O/c1-4-11(3,5-2)13-10(16)8-15-7-6-9(12)14-15/h6-7H,4-5,8H2,1-3H3,(H2,12,14)(H,13,16). The highest BCUT2D eigenvalue weighted by atomic mass is 16.2. The van der Waals surface area contributed by atoms with Gasteiger partial charge in [-0.1, -0.05) is 13.8 Å². The second kappa shape index (κ2) is 5.01. The summed E-state index contributed by atoms with van der Waals surface area (Å²) in [6.45, 7) is 6.39. The van der Waals surface area contributed by atoms with Crippen molar-refractivity contribution in [1.29, 1.82) is 0 Å². The fourth-order valence-corrected chi connectivity index (χ4v) is 1.42. The van der Waals surface area contributed by atoms with E-state index in [0.717, 1.165) is 12.8 Å². The second-order valence-electron chi connectivity index (χ2n) is 4.25. The molecule has 0 radical (unpaired) electrons. The molecule has 0 aliphatic rings. The number of nitrogens with two attached hydrogens (primary N) is 1. The van der Waals surface area contributed by atoms with E-state index in [4.69, 9.17) is 5.73 Å². The number of amides is 1. The number of aromatic nitrogens is 2. The van der Waals surface area contributed by atoms with Crippen molar-refractivity contribution < 1.29 is 4.79 Å². The van der Waals surface area contributed by atoms with Gasteiger partial charge < -0.3 is 11.1 Å². The minimum atomic E-state index is -0.129. The molecule has 0 fully saturated rings. The third-order valence-electron chi connectivity index (χ3n) is 2.97. The number of carbonyl (C=O) groups is 1. The molecule has 0 spiro atoms. The van der Waals surface area contributed by atoms with E-state index < -0.39 is 0 Å². The SMILES string of the molecule is CCC(C)(CC)NC(=O)Cn1ccc(N)n1. The summed E-state index contributed by atoms with van der Waals surface area (Å²) in [5, 5.41) is 6.98. The molecule has 1 aromatic rings. The first kappa shape index (κ1) is 12.5. The van der Waals surface area contributed by atoms with Crippen LogP contribution in [0.2, 0.25) is 0 Å². The van der Waals surface area contributed by atoms with Crippen LogP contribution in [0.1, 0.15) is 33.6 Å². The van der Waals surface area contributed by atoms with Crippen LogP contribution in [0.3, 0.4) is 0 Å². The zero-order chi connectivity index (χ0) is 12.2. The average molecular weight is 224 g/mol. The molecule has 1 heterocycles. The Hall–Kier alpha value is -1.52. The highest BCUT2D eigenvalue weighted by Gasteiger charge is 2.21. The lowest BCUT2D eigenvalue weighted by atomic mass is 9.95. The van der Waals surface area contributed by atoms with E-state index in [0.29, 0.717) is 5.82 Å². The van der Waals surface area contributed by atoms with E-state index in [1.54, 1.807) is 12.3 Å². The highest BCUT2D eigenvalue weighted by molar-refractivity contribution is 5.76. The molecule has 0 saturated heterocycles. The topological polar surface area (TPSA) is 72.9 Å². The van der Waals surface area contributed by atoms with Crippen molar-refractivity contribution >= 4 is 11.7 Å². The van der Waals surface area contributed by atoms with E-state index in [-0.39, 0.29) is 18.0 Å². The van der Waals surface area contributed by atoms with E-state index in [9.17, 15) is 4.79 Å². The summed E-state index contributed by atoms with van der Waals surface area (Å²) >= 11 is 0.